The van der Waals surface area contributed by atoms with Crippen LogP contribution in [-0.2, 0) is 9.53 Å². The molecule has 2 aromatic rings. The van der Waals surface area contributed by atoms with Crippen LogP contribution in [-0.4, -0.2) is 47.7 Å². The summed E-state index contributed by atoms with van der Waals surface area (Å²) in [5.41, 5.74) is 4.05. The second kappa shape index (κ2) is 7.73. The van der Waals surface area contributed by atoms with Crippen LogP contribution in [0.3, 0.4) is 0 Å². The molecule has 0 heterocycles. The van der Waals surface area contributed by atoms with E-state index in [0.29, 0.717) is 4.90 Å². The van der Waals surface area contributed by atoms with Crippen LogP contribution < -0.4 is 0 Å². The van der Waals surface area contributed by atoms with Gasteiger partial charge in [0.2, 0.25) is 0 Å². The molecule has 1 amide bonds. The third kappa shape index (κ3) is 3.77. The number of carbonyl (C=O) groups excluding carboxylic acids is 1. The highest BCUT2D eigenvalue weighted by molar-refractivity contribution is 5.81. The minimum Gasteiger partial charge on any atom is -0.480 e. The average Bonchev–Trinajstić information content (AvgIpc) is 2.97. The molecule has 0 saturated heterocycles. The lowest BCUT2D eigenvalue weighted by atomic mass is 9.98. The predicted octanol–water partition coefficient (Wildman–Crippen LogP) is 3.98. The normalized spacial score (nSPS) is 13.8. The van der Waals surface area contributed by atoms with Crippen molar-refractivity contribution in [3.05, 3.63) is 59.7 Å². The van der Waals surface area contributed by atoms with E-state index in [-0.39, 0.29) is 12.5 Å². The molecule has 0 aromatic heterocycles. The van der Waals surface area contributed by atoms with Gasteiger partial charge in [-0.15, -0.1) is 0 Å². The number of amides is 1. The molecular weight excluding hydrogens is 356 g/mol. The SMILES string of the molecule is CC(C(=O)O)N(CC(F)F)C(=O)OCC1c2ccccc2-c2ccccc21. The number of carboxylic acid groups (broad SMARTS) is 1. The molecule has 0 bridgehead atoms. The molecule has 0 aliphatic heterocycles. The minimum atomic E-state index is -2.85. The zero-order chi connectivity index (χ0) is 19.6. The first-order valence-electron chi connectivity index (χ1n) is 8.52. The lowest BCUT2D eigenvalue weighted by molar-refractivity contribution is -0.142. The molecule has 1 aliphatic carbocycles. The molecule has 1 aliphatic rings. The number of halogens is 2. The van der Waals surface area contributed by atoms with E-state index in [9.17, 15) is 18.4 Å². The first kappa shape index (κ1) is 18.8. The Labute approximate surface area is 155 Å². The average molecular weight is 375 g/mol. The van der Waals surface area contributed by atoms with Crippen molar-refractivity contribution in [2.75, 3.05) is 13.2 Å². The minimum absolute atomic E-state index is 0.0566. The molecule has 1 atom stereocenters. The molecule has 0 fully saturated rings. The molecule has 0 spiro atoms. The number of hydrogen-bond donors (Lipinski definition) is 1. The summed E-state index contributed by atoms with van der Waals surface area (Å²) in [6, 6.07) is 14.0. The van der Waals surface area contributed by atoms with Gasteiger partial charge in [-0.3, -0.25) is 4.90 Å². The smallest absolute Gasteiger partial charge is 0.410 e. The number of benzene rings is 2. The van der Waals surface area contributed by atoms with Crippen molar-refractivity contribution in [2.45, 2.75) is 25.3 Å². The highest BCUT2D eigenvalue weighted by Gasteiger charge is 2.32. The van der Waals surface area contributed by atoms with Crippen molar-refractivity contribution < 1.29 is 28.2 Å². The number of fused-ring (bicyclic) bond motifs is 3. The van der Waals surface area contributed by atoms with Crippen LogP contribution in [0, 0.1) is 0 Å². The van der Waals surface area contributed by atoms with E-state index < -0.39 is 31.1 Å². The zero-order valence-corrected chi connectivity index (χ0v) is 14.6. The van der Waals surface area contributed by atoms with E-state index in [0.717, 1.165) is 22.3 Å². The van der Waals surface area contributed by atoms with Crippen LogP contribution in [0.2, 0.25) is 0 Å². The van der Waals surface area contributed by atoms with E-state index in [1.54, 1.807) is 0 Å². The summed E-state index contributed by atoms with van der Waals surface area (Å²) in [6.07, 6.45) is -3.92. The standard InChI is InChI=1S/C20H19F2NO4/c1-12(19(24)25)23(10-18(21)22)20(26)27-11-17-15-8-4-2-6-13(15)14-7-3-5-9-16(14)17/h2-9,12,17-18H,10-11H2,1H3,(H,24,25). The summed E-state index contributed by atoms with van der Waals surface area (Å²) in [6.45, 7) is 0.120. The summed E-state index contributed by atoms with van der Waals surface area (Å²) in [5.74, 6) is -1.60. The Balaban J connectivity index is 1.79. The second-order valence-electron chi connectivity index (χ2n) is 6.36. The fourth-order valence-corrected chi connectivity index (χ4v) is 3.35. The highest BCUT2D eigenvalue weighted by atomic mass is 19.3. The van der Waals surface area contributed by atoms with Gasteiger partial charge in [0, 0.05) is 5.92 Å². The van der Waals surface area contributed by atoms with Gasteiger partial charge in [0.05, 0.1) is 6.54 Å². The Kier molecular flexibility index (Phi) is 5.39. The molecule has 0 radical (unpaired) electrons. The van der Waals surface area contributed by atoms with Gasteiger partial charge < -0.3 is 9.84 Å². The van der Waals surface area contributed by atoms with Gasteiger partial charge in [-0.1, -0.05) is 48.5 Å². The zero-order valence-electron chi connectivity index (χ0n) is 14.6. The van der Waals surface area contributed by atoms with Gasteiger partial charge in [-0.25, -0.2) is 18.4 Å². The predicted molar refractivity (Wildman–Crippen MR) is 94.9 cm³/mol. The number of nitrogens with zero attached hydrogens (tertiary/aromatic N) is 1. The van der Waals surface area contributed by atoms with Crippen LogP contribution in [0.25, 0.3) is 11.1 Å². The summed E-state index contributed by atoms with van der Waals surface area (Å²) in [4.78, 5) is 24.0. The van der Waals surface area contributed by atoms with Crippen molar-refractivity contribution >= 4 is 12.1 Å². The van der Waals surface area contributed by atoms with Gasteiger partial charge in [0.25, 0.3) is 6.43 Å². The summed E-state index contributed by atoms with van der Waals surface area (Å²) in [7, 11) is 0. The molecule has 0 saturated carbocycles. The topological polar surface area (TPSA) is 66.8 Å². The summed E-state index contributed by atoms with van der Waals surface area (Å²) >= 11 is 0. The fraction of sp³-hybridized carbons (Fsp3) is 0.300. The van der Waals surface area contributed by atoms with Crippen molar-refractivity contribution in [3.63, 3.8) is 0 Å². The number of carbonyl (C=O) groups is 2. The molecule has 2 aromatic carbocycles. The monoisotopic (exact) mass is 375 g/mol. The van der Waals surface area contributed by atoms with Crippen LogP contribution in [0.1, 0.15) is 24.0 Å². The number of carboxylic acids is 1. The molecule has 7 heteroatoms. The Morgan fingerprint density at radius 3 is 2.07 bits per heavy atom. The number of rotatable bonds is 6. The van der Waals surface area contributed by atoms with Crippen molar-refractivity contribution in [2.24, 2.45) is 0 Å². The first-order chi connectivity index (χ1) is 12.9. The van der Waals surface area contributed by atoms with Crippen molar-refractivity contribution in [1.29, 1.82) is 0 Å². The molecular formula is C20H19F2NO4. The van der Waals surface area contributed by atoms with E-state index in [4.69, 9.17) is 9.84 Å². The number of alkyl halides is 2. The Morgan fingerprint density at radius 2 is 1.59 bits per heavy atom. The molecule has 1 unspecified atom stereocenters. The third-order valence-corrected chi connectivity index (χ3v) is 4.73. The third-order valence-electron chi connectivity index (χ3n) is 4.73. The lowest BCUT2D eigenvalue weighted by Gasteiger charge is -2.26. The van der Waals surface area contributed by atoms with Gasteiger partial charge >= 0.3 is 12.1 Å². The van der Waals surface area contributed by atoms with Crippen LogP contribution >= 0.6 is 0 Å². The second-order valence-corrected chi connectivity index (χ2v) is 6.36. The van der Waals surface area contributed by atoms with Crippen LogP contribution in [0.15, 0.2) is 48.5 Å². The molecule has 5 nitrogen and oxygen atoms in total. The number of aliphatic carboxylic acids is 1. The molecule has 27 heavy (non-hydrogen) atoms. The van der Waals surface area contributed by atoms with Gasteiger partial charge in [-0.05, 0) is 29.2 Å². The summed E-state index contributed by atoms with van der Waals surface area (Å²) in [5, 5.41) is 9.06. The van der Waals surface area contributed by atoms with Gasteiger partial charge in [0.15, 0.2) is 0 Å². The molecule has 142 valence electrons. The van der Waals surface area contributed by atoms with Crippen molar-refractivity contribution in [1.82, 2.24) is 4.90 Å². The molecule has 3 rings (SSSR count). The maximum Gasteiger partial charge on any atom is 0.410 e. The Hall–Kier alpha value is -2.96. The van der Waals surface area contributed by atoms with Crippen LogP contribution in [0.4, 0.5) is 13.6 Å². The van der Waals surface area contributed by atoms with E-state index in [1.165, 1.54) is 6.92 Å². The Morgan fingerprint density at radius 1 is 1.07 bits per heavy atom. The van der Waals surface area contributed by atoms with Gasteiger partial charge in [0.1, 0.15) is 12.6 Å². The molecule has 1 N–H and O–H groups in total. The largest absolute Gasteiger partial charge is 0.480 e. The van der Waals surface area contributed by atoms with Crippen molar-refractivity contribution in [3.8, 4) is 11.1 Å². The maximum atomic E-state index is 12.8. The number of hydrogen-bond acceptors (Lipinski definition) is 3. The van der Waals surface area contributed by atoms with Crippen LogP contribution in [0.5, 0.6) is 0 Å². The lowest BCUT2D eigenvalue weighted by Crippen LogP contribution is -2.46. The Bertz CT molecular complexity index is 810. The first-order valence-corrected chi connectivity index (χ1v) is 8.52. The quantitative estimate of drug-likeness (QED) is 0.830. The maximum absolute atomic E-state index is 12.8. The van der Waals surface area contributed by atoms with E-state index >= 15 is 0 Å². The number of ether oxygens (including phenoxy) is 1. The fourth-order valence-electron chi connectivity index (χ4n) is 3.35. The highest BCUT2D eigenvalue weighted by Crippen LogP contribution is 2.44. The summed E-state index contributed by atoms with van der Waals surface area (Å²) < 4.78 is 30.8. The van der Waals surface area contributed by atoms with E-state index in [1.807, 2.05) is 48.5 Å². The van der Waals surface area contributed by atoms with Gasteiger partial charge in [-0.2, -0.15) is 0 Å². The van der Waals surface area contributed by atoms with E-state index in [2.05, 4.69) is 0 Å².